The van der Waals surface area contributed by atoms with Gasteiger partial charge in [0.1, 0.15) is 0 Å². The van der Waals surface area contributed by atoms with Crippen molar-refractivity contribution in [1.82, 2.24) is 0 Å². The fourth-order valence-electron chi connectivity index (χ4n) is 0. The van der Waals surface area contributed by atoms with Crippen molar-refractivity contribution in [2.24, 2.45) is 15.8 Å². The zero-order valence-corrected chi connectivity index (χ0v) is 4.47. The van der Waals surface area contributed by atoms with E-state index in [0.29, 0.717) is 0 Å². The Balaban J connectivity index is 2.55. The number of hydrogen-bond donors (Lipinski definition) is 1. The van der Waals surface area contributed by atoms with Gasteiger partial charge in [-0.25, -0.2) is 4.78 Å². The smallest absolute Gasteiger partial charge is 0.165 e. The summed E-state index contributed by atoms with van der Waals surface area (Å²) in [7, 11) is 0.723. The second-order valence-electron chi connectivity index (χ2n) is 0.315. The molecule has 0 aliphatic carbocycles. The second-order valence-corrected chi connectivity index (χ2v) is 0.715. The SMILES string of the molecule is NN=N[SiH3]. The van der Waals surface area contributed by atoms with Crippen LogP contribution in [0.3, 0.4) is 0 Å². The topological polar surface area (TPSA) is 50.7 Å². The van der Waals surface area contributed by atoms with Crippen LogP contribution < -0.4 is 5.84 Å². The fourth-order valence-corrected chi connectivity index (χ4v) is 0. The van der Waals surface area contributed by atoms with Gasteiger partial charge in [-0.1, -0.05) is 5.22 Å². The second kappa shape index (κ2) is 2.62. The maximum atomic E-state index is 4.52. The summed E-state index contributed by atoms with van der Waals surface area (Å²) in [5, 5.41) is 2.92. The van der Waals surface area contributed by atoms with Gasteiger partial charge < -0.3 is 5.84 Å². The highest BCUT2D eigenvalue weighted by atomic mass is 28.2. The van der Waals surface area contributed by atoms with Crippen molar-refractivity contribution in [1.29, 1.82) is 0 Å². The number of nitrogens with zero attached hydrogens (tertiary/aromatic N) is 2. The molecule has 0 saturated heterocycles. The summed E-state index contributed by atoms with van der Waals surface area (Å²) in [5.41, 5.74) is 0. The van der Waals surface area contributed by atoms with Crippen molar-refractivity contribution in [2.75, 3.05) is 0 Å². The molecule has 0 aromatic carbocycles. The minimum atomic E-state index is 0.723. The Kier molecular flexibility index (Phi) is 2.37. The van der Waals surface area contributed by atoms with Gasteiger partial charge in [-0.15, -0.1) is 0 Å². The van der Waals surface area contributed by atoms with Crippen LogP contribution in [0, 0.1) is 0 Å². The molecule has 0 bridgehead atoms. The highest BCUT2D eigenvalue weighted by Gasteiger charge is 1.30. The lowest BCUT2D eigenvalue weighted by Crippen LogP contribution is -1.71. The van der Waals surface area contributed by atoms with Gasteiger partial charge in [0.15, 0.2) is 10.4 Å². The minimum absolute atomic E-state index is 0.723. The van der Waals surface area contributed by atoms with Gasteiger partial charge >= 0.3 is 0 Å². The van der Waals surface area contributed by atoms with E-state index >= 15 is 0 Å². The highest BCUT2D eigenvalue weighted by molar-refractivity contribution is 6.04. The maximum Gasteiger partial charge on any atom is 0.165 e. The third-order valence-electron chi connectivity index (χ3n) is 0.115. The third-order valence-corrected chi connectivity index (χ3v) is 0.346. The summed E-state index contributed by atoms with van der Waals surface area (Å²) < 4.78 is 3.28. The maximum absolute atomic E-state index is 4.52. The summed E-state index contributed by atoms with van der Waals surface area (Å²) in [4.78, 5) is 0. The van der Waals surface area contributed by atoms with E-state index in [1.165, 1.54) is 0 Å². The lowest BCUT2D eigenvalue weighted by Gasteiger charge is -1.56. The highest BCUT2D eigenvalue weighted by Crippen LogP contribution is 1.39. The van der Waals surface area contributed by atoms with Gasteiger partial charge in [-0.05, 0) is 0 Å². The van der Waals surface area contributed by atoms with Crippen molar-refractivity contribution >= 4 is 10.4 Å². The zero-order chi connectivity index (χ0) is 3.41. The largest absolute Gasteiger partial charge is 0.306 e. The number of rotatable bonds is 0. The Morgan fingerprint density at radius 2 is 2.00 bits per heavy atom. The summed E-state index contributed by atoms with van der Waals surface area (Å²) in [6.07, 6.45) is 0. The monoisotopic (exact) mass is 75.0 g/mol. The predicted molar refractivity (Wildman–Crippen MR) is 19.0 cm³/mol. The lowest BCUT2D eigenvalue weighted by molar-refractivity contribution is 1.11. The molecule has 0 fully saturated rings. The van der Waals surface area contributed by atoms with Gasteiger partial charge in [0.2, 0.25) is 0 Å². The van der Waals surface area contributed by atoms with E-state index in [2.05, 4.69) is 15.8 Å². The van der Waals surface area contributed by atoms with Crippen LogP contribution in [-0.4, -0.2) is 10.4 Å². The molecule has 0 aromatic rings. The molecule has 3 nitrogen and oxygen atoms in total. The van der Waals surface area contributed by atoms with Crippen LogP contribution in [-0.2, 0) is 0 Å². The Bertz CT molecular complexity index is 18.5. The Morgan fingerprint density at radius 3 is 2.00 bits per heavy atom. The summed E-state index contributed by atoms with van der Waals surface area (Å²) >= 11 is 0. The van der Waals surface area contributed by atoms with Crippen LogP contribution in [0.25, 0.3) is 0 Å². The molecular formula is H5N3Si. The summed E-state index contributed by atoms with van der Waals surface area (Å²) in [5.74, 6) is 4.52. The van der Waals surface area contributed by atoms with Gasteiger partial charge in [-0.3, -0.25) is 0 Å². The predicted octanol–water partition coefficient (Wildman–Crippen LogP) is -1.41. The molecule has 4 heavy (non-hydrogen) atoms. The molecular weight excluding hydrogens is 70.1 g/mol. The van der Waals surface area contributed by atoms with Gasteiger partial charge in [-0.2, -0.15) is 0 Å². The molecule has 4 heteroatoms. The molecule has 0 heterocycles. The average Bonchev–Trinajstić information content (AvgIpc) is 1.37. The van der Waals surface area contributed by atoms with E-state index in [-0.39, 0.29) is 0 Å². The average molecular weight is 75.1 g/mol. The molecule has 0 unspecified atom stereocenters. The third kappa shape index (κ3) is 1.62. The fraction of sp³-hybridized carbons (Fsp3) is 0. The van der Waals surface area contributed by atoms with E-state index in [1.807, 2.05) is 0 Å². The van der Waals surface area contributed by atoms with Crippen LogP contribution >= 0.6 is 0 Å². The standard InChI is InChI=1S/H5N3Si/c1-2-3-4/h4H3,(H2,1,3). The normalized spacial score (nSPS) is 10.0. The van der Waals surface area contributed by atoms with Crippen molar-refractivity contribution in [3.05, 3.63) is 0 Å². The van der Waals surface area contributed by atoms with E-state index in [4.69, 9.17) is 0 Å². The lowest BCUT2D eigenvalue weighted by atomic mass is 12.8. The molecule has 0 rings (SSSR count). The Morgan fingerprint density at radius 1 is 1.75 bits per heavy atom. The van der Waals surface area contributed by atoms with Gasteiger partial charge in [0.05, 0.1) is 0 Å². The van der Waals surface area contributed by atoms with Gasteiger partial charge in [0.25, 0.3) is 0 Å². The van der Waals surface area contributed by atoms with Crippen molar-refractivity contribution in [3.63, 3.8) is 0 Å². The number of hydrogen-bond acceptors (Lipinski definition) is 2. The molecule has 0 atom stereocenters. The van der Waals surface area contributed by atoms with Crippen LogP contribution in [0.4, 0.5) is 0 Å². The van der Waals surface area contributed by atoms with Crippen LogP contribution in [0.2, 0.25) is 0 Å². The first-order chi connectivity index (χ1) is 1.91. The molecule has 0 radical (unpaired) electrons. The first-order valence-corrected chi connectivity index (χ1v) is 1.80. The summed E-state index contributed by atoms with van der Waals surface area (Å²) in [6.45, 7) is 0. The van der Waals surface area contributed by atoms with E-state index in [0.717, 1.165) is 10.4 Å². The van der Waals surface area contributed by atoms with Crippen LogP contribution in [0.1, 0.15) is 0 Å². The molecule has 24 valence electrons. The quantitative estimate of drug-likeness (QED) is 0.163. The Hall–Kier alpha value is -0.383. The number of nitrogens with two attached hydrogens (primary N) is 1. The van der Waals surface area contributed by atoms with E-state index in [1.54, 1.807) is 0 Å². The Labute approximate surface area is 27.4 Å². The molecule has 0 aromatic heterocycles. The van der Waals surface area contributed by atoms with Gasteiger partial charge in [0, 0.05) is 0 Å². The van der Waals surface area contributed by atoms with Crippen LogP contribution in [0.15, 0.2) is 10.0 Å². The molecule has 0 aliphatic rings. The van der Waals surface area contributed by atoms with E-state index < -0.39 is 0 Å². The van der Waals surface area contributed by atoms with E-state index in [9.17, 15) is 0 Å². The minimum Gasteiger partial charge on any atom is -0.306 e. The summed E-state index contributed by atoms with van der Waals surface area (Å²) in [6, 6.07) is 0. The molecule has 0 amide bonds. The first-order valence-electron chi connectivity index (χ1n) is 0.905. The van der Waals surface area contributed by atoms with Crippen molar-refractivity contribution < 1.29 is 0 Å². The zero-order valence-electron chi connectivity index (χ0n) is 2.47. The molecule has 0 saturated carbocycles. The first kappa shape index (κ1) is 3.62. The molecule has 0 spiro atoms. The molecule has 0 aliphatic heterocycles. The molecule has 2 N–H and O–H groups in total. The van der Waals surface area contributed by atoms with Crippen molar-refractivity contribution in [3.8, 4) is 0 Å². The van der Waals surface area contributed by atoms with Crippen LogP contribution in [0.5, 0.6) is 0 Å². The van der Waals surface area contributed by atoms with Crippen molar-refractivity contribution in [2.45, 2.75) is 0 Å².